The van der Waals surface area contributed by atoms with Gasteiger partial charge in [-0.2, -0.15) is 0 Å². The summed E-state index contributed by atoms with van der Waals surface area (Å²) in [6.07, 6.45) is 20.8. The van der Waals surface area contributed by atoms with Crippen LogP contribution in [0.2, 0.25) is 0 Å². The minimum Gasteiger partial charge on any atom is -0.462 e. The standard InChI is InChI=1S/C27H52NO6P/c1-2-3-4-5-11-15-18-21-27(30)34-25(24-33-35-31)23-32-26(29)20-17-14-12-9-7-6-8-10-13-16-19-22-28/h25H,2-24,28H2,1H3/t25-/m1/s1. The van der Waals surface area contributed by atoms with E-state index in [2.05, 4.69) is 6.92 Å². The van der Waals surface area contributed by atoms with Crippen molar-refractivity contribution in [1.29, 1.82) is 0 Å². The minimum atomic E-state index is -0.729. The molecule has 0 saturated carbocycles. The Morgan fingerprint density at radius 2 is 1.11 bits per heavy atom. The van der Waals surface area contributed by atoms with Gasteiger partial charge in [-0.05, 0) is 25.8 Å². The van der Waals surface area contributed by atoms with Gasteiger partial charge in [0.25, 0.3) is 0 Å². The Bertz CT molecular complexity index is 506. The molecule has 0 amide bonds. The van der Waals surface area contributed by atoms with Gasteiger partial charge in [-0.15, -0.1) is 0 Å². The van der Waals surface area contributed by atoms with Crippen LogP contribution in [0.3, 0.4) is 0 Å². The maximum atomic E-state index is 12.1. The number of unbranched alkanes of at least 4 members (excludes halogenated alkanes) is 16. The molecule has 0 unspecified atom stereocenters. The van der Waals surface area contributed by atoms with Gasteiger partial charge in [0.1, 0.15) is 13.2 Å². The van der Waals surface area contributed by atoms with E-state index in [0.717, 1.165) is 51.5 Å². The summed E-state index contributed by atoms with van der Waals surface area (Å²) in [6, 6.07) is 0. The average molecular weight is 518 g/mol. The number of hydrogen-bond acceptors (Lipinski definition) is 7. The molecule has 8 heteroatoms. The van der Waals surface area contributed by atoms with E-state index < -0.39 is 14.8 Å². The lowest BCUT2D eigenvalue weighted by Crippen LogP contribution is -2.28. The minimum absolute atomic E-state index is 0.0614. The summed E-state index contributed by atoms with van der Waals surface area (Å²) in [5.74, 6) is -0.628. The van der Waals surface area contributed by atoms with E-state index in [1.54, 1.807) is 0 Å². The van der Waals surface area contributed by atoms with E-state index in [-0.39, 0.29) is 25.2 Å². The lowest BCUT2D eigenvalue weighted by Gasteiger charge is -2.16. The van der Waals surface area contributed by atoms with Gasteiger partial charge in [0.2, 0.25) is 0 Å². The fourth-order valence-electron chi connectivity index (χ4n) is 3.96. The second-order valence-electron chi connectivity index (χ2n) is 9.46. The fourth-order valence-corrected chi connectivity index (χ4v) is 4.19. The highest BCUT2D eigenvalue weighted by Crippen LogP contribution is 2.13. The van der Waals surface area contributed by atoms with E-state index in [1.807, 2.05) is 0 Å². The molecule has 0 aliphatic rings. The van der Waals surface area contributed by atoms with Crippen molar-refractivity contribution in [2.24, 2.45) is 5.73 Å². The van der Waals surface area contributed by atoms with Crippen LogP contribution in [-0.2, 0) is 28.2 Å². The van der Waals surface area contributed by atoms with E-state index in [1.165, 1.54) is 70.6 Å². The van der Waals surface area contributed by atoms with Gasteiger partial charge >= 0.3 is 20.6 Å². The van der Waals surface area contributed by atoms with Gasteiger partial charge in [-0.25, -0.2) is 4.57 Å². The number of carbonyl (C=O) groups excluding carboxylic acids is 2. The predicted octanol–water partition coefficient (Wildman–Crippen LogP) is 7.45. The molecule has 0 rings (SSSR count). The molecular weight excluding hydrogens is 465 g/mol. The van der Waals surface area contributed by atoms with E-state index in [0.29, 0.717) is 12.8 Å². The summed E-state index contributed by atoms with van der Waals surface area (Å²) in [6.45, 7) is 2.86. The van der Waals surface area contributed by atoms with Crippen molar-refractivity contribution in [2.45, 2.75) is 141 Å². The average Bonchev–Trinajstić information content (AvgIpc) is 2.85. The fraction of sp³-hybridized carbons (Fsp3) is 0.926. The lowest BCUT2D eigenvalue weighted by molar-refractivity contribution is -0.160. The molecular formula is C27H52NO6P. The summed E-state index contributed by atoms with van der Waals surface area (Å²) in [5.41, 5.74) is 5.50. The van der Waals surface area contributed by atoms with E-state index in [4.69, 9.17) is 19.7 Å². The largest absolute Gasteiger partial charge is 0.462 e. The van der Waals surface area contributed by atoms with Gasteiger partial charge < -0.3 is 15.2 Å². The highest BCUT2D eigenvalue weighted by atomic mass is 31.1. The first kappa shape index (κ1) is 34.0. The zero-order valence-electron chi connectivity index (χ0n) is 22.3. The first-order valence-corrected chi connectivity index (χ1v) is 14.9. The SMILES string of the molecule is CCCCCCCCCC(=O)O[C@@H](COP=O)COC(=O)CCCCCCCCCCCCCN. The maximum absolute atomic E-state index is 12.1. The molecule has 2 N–H and O–H groups in total. The Morgan fingerprint density at radius 1 is 0.657 bits per heavy atom. The van der Waals surface area contributed by atoms with Crippen molar-refractivity contribution in [3.8, 4) is 0 Å². The number of rotatable bonds is 27. The Labute approximate surface area is 215 Å². The second-order valence-corrected chi connectivity index (χ2v) is 9.87. The van der Waals surface area contributed by atoms with E-state index in [9.17, 15) is 14.2 Å². The van der Waals surface area contributed by atoms with Crippen LogP contribution in [0.5, 0.6) is 0 Å². The zero-order valence-corrected chi connectivity index (χ0v) is 23.2. The molecule has 0 radical (unpaired) electrons. The number of carbonyl (C=O) groups is 2. The summed E-state index contributed by atoms with van der Waals surface area (Å²) in [4.78, 5) is 24.1. The van der Waals surface area contributed by atoms with E-state index >= 15 is 0 Å². The van der Waals surface area contributed by atoms with Crippen LogP contribution in [0.1, 0.15) is 135 Å². The first-order valence-electron chi connectivity index (χ1n) is 14.1. The van der Waals surface area contributed by atoms with Crippen LogP contribution >= 0.6 is 8.69 Å². The van der Waals surface area contributed by atoms with Gasteiger partial charge in [-0.1, -0.05) is 103 Å². The normalized spacial score (nSPS) is 12.1. The second kappa shape index (κ2) is 27.5. The van der Waals surface area contributed by atoms with Gasteiger partial charge in [-0.3, -0.25) is 14.1 Å². The van der Waals surface area contributed by atoms with Crippen LogP contribution in [-0.4, -0.2) is 37.8 Å². The molecule has 1 atom stereocenters. The third kappa shape index (κ3) is 25.8. The topological polar surface area (TPSA) is 105 Å². The third-order valence-corrected chi connectivity index (χ3v) is 6.37. The molecule has 0 aromatic carbocycles. The summed E-state index contributed by atoms with van der Waals surface area (Å²) >= 11 is 0. The molecule has 0 bridgehead atoms. The molecule has 0 aliphatic carbocycles. The molecule has 0 spiro atoms. The van der Waals surface area contributed by atoms with Crippen LogP contribution in [0.4, 0.5) is 0 Å². The first-order chi connectivity index (χ1) is 17.1. The van der Waals surface area contributed by atoms with Gasteiger partial charge in [0.15, 0.2) is 6.10 Å². The lowest BCUT2D eigenvalue weighted by atomic mass is 10.1. The molecule has 35 heavy (non-hydrogen) atoms. The molecule has 0 saturated heterocycles. The molecule has 0 aromatic rings. The van der Waals surface area contributed by atoms with Crippen LogP contribution in [0.15, 0.2) is 0 Å². The smallest absolute Gasteiger partial charge is 0.327 e. The van der Waals surface area contributed by atoms with Crippen molar-refractivity contribution in [3.63, 3.8) is 0 Å². The predicted molar refractivity (Wildman–Crippen MR) is 141 cm³/mol. The number of nitrogens with two attached hydrogens (primary N) is 1. The van der Waals surface area contributed by atoms with Crippen molar-refractivity contribution in [1.82, 2.24) is 0 Å². The number of esters is 2. The molecule has 0 heterocycles. The van der Waals surface area contributed by atoms with Crippen LogP contribution in [0, 0.1) is 0 Å². The summed E-state index contributed by atoms with van der Waals surface area (Å²) < 4.78 is 26.1. The molecule has 206 valence electrons. The Balaban J connectivity index is 3.79. The maximum Gasteiger partial charge on any atom is 0.327 e. The van der Waals surface area contributed by atoms with Crippen molar-refractivity contribution >= 4 is 20.6 Å². The Hall–Kier alpha value is -1.04. The van der Waals surface area contributed by atoms with Crippen molar-refractivity contribution < 1.29 is 28.2 Å². The van der Waals surface area contributed by atoms with Crippen molar-refractivity contribution in [3.05, 3.63) is 0 Å². The molecule has 0 aliphatic heterocycles. The zero-order chi connectivity index (χ0) is 25.8. The highest BCUT2D eigenvalue weighted by molar-refractivity contribution is 7.17. The van der Waals surface area contributed by atoms with Crippen LogP contribution < -0.4 is 5.73 Å². The van der Waals surface area contributed by atoms with Crippen molar-refractivity contribution in [2.75, 3.05) is 19.8 Å². The molecule has 0 aromatic heterocycles. The van der Waals surface area contributed by atoms with Gasteiger partial charge in [0, 0.05) is 12.8 Å². The highest BCUT2D eigenvalue weighted by Gasteiger charge is 2.17. The van der Waals surface area contributed by atoms with Crippen LogP contribution in [0.25, 0.3) is 0 Å². The monoisotopic (exact) mass is 517 g/mol. The Morgan fingerprint density at radius 3 is 1.60 bits per heavy atom. The summed E-state index contributed by atoms with van der Waals surface area (Å²) in [7, 11) is -0.487. The number of ether oxygens (including phenoxy) is 2. The number of hydrogen-bond donors (Lipinski definition) is 1. The summed E-state index contributed by atoms with van der Waals surface area (Å²) in [5, 5.41) is 0. The quantitative estimate of drug-likeness (QED) is 0.0685. The van der Waals surface area contributed by atoms with Gasteiger partial charge in [0.05, 0.1) is 0 Å². The third-order valence-electron chi connectivity index (χ3n) is 6.11. The molecule has 7 nitrogen and oxygen atoms in total. The Kier molecular flexibility index (Phi) is 26.7. The molecule has 0 fully saturated rings.